The third-order valence-electron chi connectivity index (χ3n) is 4.17. The maximum Gasteiger partial charge on any atom is 0.316 e. The highest BCUT2D eigenvalue weighted by atomic mass is 32.2. The fraction of sp³-hybridized carbons (Fsp3) is 0.190. The van der Waals surface area contributed by atoms with E-state index in [-0.39, 0.29) is 18.3 Å². The van der Waals surface area contributed by atoms with Crippen molar-refractivity contribution in [1.82, 2.24) is 4.98 Å². The number of benzene rings is 2. The zero-order chi connectivity index (χ0) is 18.5. The first-order valence-corrected chi connectivity index (χ1v) is 9.20. The summed E-state index contributed by atoms with van der Waals surface area (Å²) in [6.45, 7) is 4.29. The minimum Gasteiger partial charge on any atom is -0.460 e. The van der Waals surface area contributed by atoms with Gasteiger partial charge in [-0.1, -0.05) is 54.2 Å². The molecule has 0 atom stereocenters. The van der Waals surface area contributed by atoms with Gasteiger partial charge in [-0.05, 0) is 36.6 Å². The van der Waals surface area contributed by atoms with Gasteiger partial charge in [-0.25, -0.2) is 4.98 Å². The summed E-state index contributed by atoms with van der Waals surface area (Å²) in [5.41, 5.74) is 4.51. The van der Waals surface area contributed by atoms with Crippen molar-refractivity contribution in [3.63, 3.8) is 0 Å². The third-order valence-corrected chi connectivity index (χ3v) is 5.13. The predicted molar refractivity (Wildman–Crippen MR) is 103 cm³/mol. The van der Waals surface area contributed by atoms with Crippen LogP contribution >= 0.6 is 11.8 Å². The van der Waals surface area contributed by atoms with E-state index in [1.54, 1.807) is 0 Å². The molecule has 130 valence electrons. The van der Waals surface area contributed by atoms with Gasteiger partial charge in [-0.3, -0.25) is 4.79 Å². The zero-order valence-corrected chi connectivity index (χ0v) is 15.5. The van der Waals surface area contributed by atoms with Crippen LogP contribution in [0.1, 0.15) is 22.3 Å². The molecule has 1 aromatic heterocycles. The van der Waals surface area contributed by atoms with Crippen molar-refractivity contribution in [1.29, 1.82) is 5.26 Å². The number of aryl methyl sites for hydroxylation is 2. The molecule has 26 heavy (non-hydrogen) atoms. The minimum atomic E-state index is -0.328. The molecule has 0 saturated heterocycles. The zero-order valence-electron chi connectivity index (χ0n) is 14.7. The molecule has 0 unspecified atom stereocenters. The summed E-state index contributed by atoms with van der Waals surface area (Å²) in [4.78, 5) is 16.6. The number of nitrogens with zero attached hydrogens (tertiary/aromatic N) is 2. The summed E-state index contributed by atoms with van der Waals surface area (Å²) in [6.07, 6.45) is 0. The smallest absolute Gasteiger partial charge is 0.316 e. The van der Waals surface area contributed by atoms with Gasteiger partial charge in [0.15, 0.2) is 0 Å². The first kappa shape index (κ1) is 18.0. The number of hydrogen-bond donors (Lipinski definition) is 0. The first-order valence-electron chi connectivity index (χ1n) is 8.22. The lowest BCUT2D eigenvalue weighted by Gasteiger charge is -2.09. The van der Waals surface area contributed by atoms with Gasteiger partial charge in [0, 0.05) is 5.39 Å². The van der Waals surface area contributed by atoms with Gasteiger partial charge >= 0.3 is 5.97 Å². The van der Waals surface area contributed by atoms with Crippen LogP contribution in [0.3, 0.4) is 0 Å². The lowest BCUT2D eigenvalue weighted by Crippen LogP contribution is -2.07. The quantitative estimate of drug-likeness (QED) is 0.492. The van der Waals surface area contributed by atoms with Crippen LogP contribution in [0.2, 0.25) is 0 Å². The van der Waals surface area contributed by atoms with Crippen molar-refractivity contribution in [2.45, 2.75) is 25.5 Å². The van der Waals surface area contributed by atoms with E-state index in [4.69, 9.17) is 4.74 Å². The molecule has 3 aromatic rings. The SMILES string of the molecule is Cc1ccc2cc(C#N)c(SCC(=O)OCc3ccccc3)nc2c1C. The molecule has 3 rings (SSSR count). The van der Waals surface area contributed by atoms with Crippen LogP contribution in [-0.2, 0) is 16.1 Å². The summed E-state index contributed by atoms with van der Waals surface area (Å²) >= 11 is 1.24. The van der Waals surface area contributed by atoms with Crippen molar-refractivity contribution in [2.24, 2.45) is 0 Å². The van der Waals surface area contributed by atoms with E-state index in [1.165, 1.54) is 11.8 Å². The van der Waals surface area contributed by atoms with Gasteiger partial charge in [0.25, 0.3) is 0 Å². The van der Waals surface area contributed by atoms with Gasteiger partial charge < -0.3 is 4.74 Å². The molecule has 0 spiro atoms. The number of thioether (sulfide) groups is 1. The summed E-state index contributed by atoms with van der Waals surface area (Å²) in [5.74, 6) is -0.212. The van der Waals surface area contributed by atoms with E-state index in [0.717, 1.165) is 27.6 Å². The molecule has 0 N–H and O–H groups in total. The van der Waals surface area contributed by atoms with Crippen molar-refractivity contribution < 1.29 is 9.53 Å². The van der Waals surface area contributed by atoms with Crippen LogP contribution < -0.4 is 0 Å². The van der Waals surface area contributed by atoms with Crippen LogP contribution in [0.4, 0.5) is 0 Å². The fourth-order valence-electron chi connectivity index (χ4n) is 2.56. The predicted octanol–water partition coefficient (Wildman–Crippen LogP) is 4.56. The Hall–Kier alpha value is -2.84. The maximum atomic E-state index is 12.0. The van der Waals surface area contributed by atoms with Gasteiger partial charge in [0.2, 0.25) is 0 Å². The Morgan fingerprint density at radius 1 is 1.19 bits per heavy atom. The number of rotatable bonds is 5. The van der Waals surface area contributed by atoms with E-state index in [1.807, 2.05) is 62.4 Å². The second kappa shape index (κ2) is 8.03. The van der Waals surface area contributed by atoms with E-state index in [0.29, 0.717) is 10.6 Å². The normalized spacial score (nSPS) is 10.5. The minimum absolute atomic E-state index is 0.116. The number of esters is 1. The molecule has 0 saturated carbocycles. The molecule has 0 bridgehead atoms. The molecular formula is C21H18N2O2S. The maximum absolute atomic E-state index is 12.0. The van der Waals surface area contributed by atoms with Crippen molar-refractivity contribution >= 4 is 28.6 Å². The summed E-state index contributed by atoms with van der Waals surface area (Å²) < 4.78 is 5.28. The van der Waals surface area contributed by atoms with Crippen molar-refractivity contribution in [3.05, 3.63) is 70.8 Å². The lowest BCUT2D eigenvalue weighted by atomic mass is 10.0. The number of pyridine rings is 1. The van der Waals surface area contributed by atoms with Gasteiger partial charge in [0.05, 0.1) is 16.8 Å². The average Bonchev–Trinajstić information content (AvgIpc) is 2.68. The summed E-state index contributed by atoms with van der Waals surface area (Å²) in [7, 11) is 0. The molecular weight excluding hydrogens is 344 g/mol. The Labute approximate surface area is 156 Å². The molecule has 2 aromatic carbocycles. The van der Waals surface area contributed by atoms with E-state index in [2.05, 4.69) is 11.1 Å². The Morgan fingerprint density at radius 3 is 2.69 bits per heavy atom. The monoisotopic (exact) mass is 362 g/mol. The van der Waals surface area contributed by atoms with Crippen molar-refractivity contribution in [2.75, 3.05) is 5.75 Å². The molecule has 0 aliphatic heterocycles. The van der Waals surface area contributed by atoms with Crippen LogP contribution in [0.15, 0.2) is 53.6 Å². The fourth-order valence-corrected chi connectivity index (χ4v) is 3.32. The molecule has 0 fully saturated rings. The van der Waals surface area contributed by atoms with E-state index >= 15 is 0 Å². The largest absolute Gasteiger partial charge is 0.460 e. The average molecular weight is 362 g/mol. The van der Waals surface area contributed by atoms with Gasteiger partial charge in [-0.2, -0.15) is 5.26 Å². The van der Waals surface area contributed by atoms with Crippen LogP contribution in [-0.4, -0.2) is 16.7 Å². The number of aromatic nitrogens is 1. The van der Waals surface area contributed by atoms with Crippen LogP contribution in [0.5, 0.6) is 0 Å². The second-order valence-corrected chi connectivity index (χ2v) is 6.93. The van der Waals surface area contributed by atoms with Crippen molar-refractivity contribution in [3.8, 4) is 6.07 Å². The molecule has 4 nitrogen and oxygen atoms in total. The van der Waals surface area contributed by atoms with Gasteiger partial charge in [-0.15, -0.1) is 0 Å². The standard InChI is InChI=1S/C21H18N2O2S/c1-14-8-9-17-10-18(11-22)21(23-20(17)15(14)2)26-13-19(24)25-12-16-6-4-3-5-7-16/h3-10H,12-13H2,1-2H3. The lowest BCUT2D eigenvalue weighted by molar-refractivity contribution is -0.141. The Balaban J connectivity index is 1.72. The number of nitriles is 1. The number of ether oxygens (including phenoxy) is 1. The number of fused-ring (bicyclic) bond motifs is 1. The van der Waals surface area contributed by atoms with Crippen LogP contribution in [0, 0.1) is 25.2 Å². The van der Waals surface area contributed by atoms with E-state index in [9.17, 15) is 10.1 Å². The van der Waals surface area contributed by atoms with Crippen LogP contribution in [0.25, 0.3) is 10.9 Å². The molecule has 0 radical (unpaired) electrons. The third kappa shape index (κ3) is 4.04. The topological polar surface area (TPSA) is 63.0 Å². The Kier molecular flexibility index (Phi) is 5.55. The molecule has 0 amide bonds. The summed E-state index contributed by atoms with van der Waals surface area (Å²) in [6, 6.07) is 17.5. The number of hydrogen-bond acceptors (Lipinski definition) is 5. The molecule has 1 heterocycles. The highest BCUT2D eigenvalue weighted by molar-refractivity contribution is 7.99. The highest BCUT2D eigenvalue weighted by Gasteiger charge is 2.13. The summed E-state index contributed by atoms with van der Waals surface area (Å²) in [5, 5.41) is 10.9. The second-order valence-electron chi connectivity index (χ2n) is 5.97. The molecule has 0 aliphatic carbocycles. The van der Waals surface area contributed by atoms with E-state index < -0.39 is 0 Å². The van der Waals surface area contributed by atoms with Gasteiger partial charge in [0.1, 0.15) is 17.7 Å². The number of carbonyl (C=O) groups is 1. The first-order chi connectivity index (χ1) is 12.6. The number of carbonyl (C=O) groups excluding carboxylic acids is 1. The molecule has 5 heteroatoms. The highest BCUT2D eigenvalue weighted by Crippen LogP contribution is 2.27. The Bertz CT molecular complexity index is 994. The Morgan fingerprint density at radius 2 is 1.96 bits per heavy atom. The molecule has 0 aliphatic rings.